The number of benzene rings is 1. The molecule has 0 aliphatic heterocycles. The predicted molar refractivity (Wildman–Crippen MR) is 70.0 cm³/mol. The lowest BCUT2D eigenvalue weighted by Gasteiger charge is -2.09. The molecule has 0 saturated heterocycles. The molecule has 0 unspecified atom stereocenters. The van der Waals surface area contributed by atoms with Crippen LogP contribution in [0.3, 0.4) is 0 Å². The van der Waals surface area contributed by atoms with E-state index < -0.39 is 39.9 Å². The highest BCUT2D eigenvalue weighted by molar-refractivity contribution is 14.1. The second kappa shape index (κ2) is 5.79. The molecule has 0 bridgehead atoms. The van der Waals surface area contributed by atoms with Gasteiger partial charge in [0.25, 0.3) is 17.6 Å². The Hall–Kier alpha value is -1.98. The molecule has 10 heteroatoms. The number of nitro groups is 1. The van der Waals surface area contributed by atoms with Crippen molar-refractivity contribution in [2.75, 3.05) is 0 Å². The van der Waals surface area contributed by atoms with Gasteiger partial charge in [0.2, 0.25) is 17.4 Å². The Kier molecular flexibility index (Phi) is 4.25. The molecule has 0 fully saturated rings. The van der Waals surface area contributed by atoms with Gasteiger partial charge in [-0.3, -0.25) is 10.1 Å². The third-order valence-electron chi connectivity index (χ3n) is 2.29. The predicted octanol–water partition coefficient (Wildman–Crippen LogP) is 3.94. The summed E-state index contributed by atoms with van der Waals surface area (Å²) in [5, 5.41) is 10.6. The summed E-state index contributed by atoms with van der Waals surface area (Å²) in [5.74, 6) is -9.13. The van der Waals surface area contributed by atoms with Gasteiger partial charge < -0.3 is 4.74 Å². The summed E-state index contributed by atoms with van der Waals surface area (Å²) < 4.78 is 57.7. The van der Waals surface area contributed by atoms with Crippen molar-refractivity contribution in [3.05, 3.63) is 55.4 Å². The molecule has 1 aromatic carbocycles. The van der Waals surface area contributed by atoms with Crippen LogP contribution in [0.25, 0.3) is 0 Å². The Morgan fingerprint density at radius 2 is 1.71 bits per heavy atom. The standard InChI is InChI=1S/C11H3F4IN2O3/c12-7-9(8(13)11(15)17-10(7)14)21-6-3-4(18(19)20)1-2-5(6)16/h1-3H. The molecule has 5 nitrogen and oxygen atoms in total. The minimum absolute atomic E-state index is 0.245. The van der Waals surface area contributed by atoms with E-state index in [0.29, 0.717) is 0 Å². The first-order chi connectivity index (χ1) is 9.81. The second-order valence-corrected chi connectivity index (χ2v) is 4.79. The van der Waals surface area contributed by atoms with Gasteiger partial charge in [-0.1, -0.05) is 0 Å². The quantitative estimate of drug-likeness (QED) is 0.251. The molecule has 0 N–H and O–H groups in total. The highest BCUT2D eigenvalue weighted by Gasteiger charge is 2.24. The third kappa shape index (κ3) is 3.04. The number of halogens is 5. The van der Waals surface area contributed by atoms with E-state index in [1.807, 2.05) is 0 Å². The van der Waals surface area contributed by atoms with Crippen molar-refractivity contribution in [1.82, 2.24) is 4.98 Å². The van der Waals surface area contributed by atoms with Gasteiger partial charge in [0.05, 0.1) is 14.6 Å². The Labute approximate surface area is 127 Å². The third-order valence-corrected chi connectivity index (χ3v) is 3.19. The van der Waals surface area contributed by atoms with E-state index >= 15 is 0 Å². The van der Waals surface area contributed by atoms with Crippen molar-refractivity contribution in [1.29, 1.82) is 0 Å². The summed E-state index contributed by atoms with van der Waals surface area (Å²) in [6, 6.07) is 3.25. The van der Waals surface area contributed by atoms with E-state index in [1.54, 1.807) is 22.6 Å². The smallest absolute Gasteiger partial charge is 0.273 e. The fourth-order valence-corrected chi connectivity index (χ4v) is 1.80. The van der Waals surface area contributed by atoms with Crippen LogP contribution in [0.4, 0.5) is 23.2 Å². The number of nitrogens with zero attached hydrogens (tertiary/aromatic N) is 2. The van der Waals surface area contributed by atoms with Crippen LogP contribution < -0.4 is 4.74 Å². The van der Waals surface area contributed by atoms with Gasteiger partial charge in [-0.15, -0.1) is 0 Å². The van der Waals surface area contributed by atoms with E-state index in [4.69, 9.17) is 4.74 Å². The zero-order chi connectivity index (χ0) is 15.7. The first-order valence-electron chi connectivity index (χ1n) is 5.13. The van der Waals surface area contributed by atoms with Crippen LogP contribution in [-0.4, -0.2) is 9.91 Å². The number of hydrogen-bond donors (Lipinski definition) is 0. The van der Waals surface area contributed by atoms with Crippen LogP contribution in [0.15, 0.2) is 18.2 Å². The minimum atomic E-state index is -1.88. The summed E-state index contributed by atoms with van der Waals surface area (Å²) in [4.78, 5) is 12.2. The summed E-state index contributed by atoms with van der Waals surface area (Å²) >= 11 is 1.67. The molecular formula is C11H3F4IN2O3. The normalized spacial score (nSPS) is 10.5. The van der Waals surface area contributed by atoms with Crippen LogP contribution in [0.2, 0.25) is 0 Å². The number of nitro benzene ring substituents is 1. The number of rotatable bonds is 3. The van der Waals surface area contributed by atoms with Gasteiger partial charge in [-0.2, -0.15) is 22.5 Å². The number of aromatic nitrogens is 1. The zero-order valence-electron chi connectivity index (χ0n) is 9.74. The van der Waals surface area contributed by atoms with Crippen LogP contribution in [-0.2, 0) is 0 Å². The molecule has 0 saturated carbocycles. The molecule has 0 spiro atoms. The van der Waals surface area contributed by atoms with Crippen molar-refractivity contribution in [3.8, 4) is 11.5 Å². The van der Waals surface area contributed by atoms with Crippen LogP contribution in [0.1, 0.15) is 0 Å². The Bertz CT molecular complexity index is 716. The Morgan fingerprint density at radius 3 is 2.24 bits per heavy atom. The second-order valence-electron chi connectivity index (χ2n) is 3.62. The number of pyridine rings is 1. The number of ether oxygens (including phenoxy) is 1. The van der Waals surface area contributed by atoms with Gasteiger partial charge in [0, 0.05) is 6.07 Å². The highest BCUT2D eigenvalue weighted by Crippen LogP contribution is 2.34. The summed E-state index contributed by atoms with van der Waals surface area (Å²) in [5.41, 5.74) is -0.416. The molecule has 1 aromatic heterocycles. The highest BCUT2D eigenvalue weighted by atomic mass is 127. The lowest BCUT2D eigenvalue weighted by molar-refractivity contribution is -0.384. The zero-order valence-corrected chi connectivity index (χ0v) is 11.9. The van der Waals surface area contributed by atoms with E-state index in [0.717, 1.165) is 12.1 Å². The van der Waals surface area contributed by atoms with Crippen molar-refractivity contribution in [2.24, 2.45) is 0 Å². The van der Waals surface area contributed by atoms with Gasteiger partial charge in [0.15, 0.2) is 0 Å². The van der Waals surface area contributed by atoms with E-state index in [1.165, 1.54) is 6.07 Å². The summed E-state index contributed by atoms with van der Waals surface area (Å²) in [6.07, 6.45) is 0. The molecule has 1 heterocycles. The number of non-ortho nitro benzene ring substituents is 1. The molecule has 110 valence electrons. The largest absolute Gasteiger partial charge is 0.449 e. The van der Waals surface area contributed by atoms with Crippen molar-refractivity contribution in [2.45, 2.75) is 0 Å². The van der Waals surface area contributed by atoms with Crippen molar-refractivity contribution in [3.63, 3.8) is 0 Å². The van der Waals surface area contributed by atoms with Crippen LogP contribution in [0, 0.1) is 37.2 Å². The summed E-state index contributed by atoms with van der Waals surface area (Å²) in [7, 11) is 0. The SMILES string of the molecule is O=[N+]([O-])c1ccc(I)c(Oc2c(F)c(F)nc(F)c2F)c1. The Balaban J connectivity index is 2.53. The maximum Gasteiger partial charge on any atom is 0.273 e. The van der Waals surface area contributed by atoms with Gasteiger partial charge >= 0.3 is 0 Å². The first kappa shape index (κ1) is 15.4. The van der Waals surface area contributed by atoms with E-state index in [-0.39, 0.29) is 9.32 Å². The van der Waals surface area contributed by atoms with Crippen molar-refractivity contribution < 1.29 is 27.2 Å². The molecule has 0 atom stereocenters. The van der Waals surface area contributed by atoms with E-state index in [9.17, 15) is 27.7 Å². The minimum Gasteiger partial charge on any atom is -0.449 e. The molecule has 0 radical (unpaired) electrons. The molecule has 0 aliphatic carbocycles. The monoisotopic (exact) mass is 414 g/mol. The van der Waals surface area contributed by atoms with Gasteiger partial charge in [-0.25, -0.2) is 0 Å². The fraction of sp³-hybridized carbons (Fsp3) is 0. The maximum absolute atomic E-state index is 13.4. The van der Waals surface area contributed by atoms with Crippen LogP contribution >= 0.6 is 22.6 Å². The molecule has 0 amide bonds. The average Bonchev–Trinajstić information content (AvgIpc) is 2.43. The lowest BCUT2D eigenvalue weighted by Crippen LogP contribution is -2.04. The maximum atomic E-state index is 13.4. The fourth-order valence-electron chi connectivity index (χ4n) is 1.35. The molecule has 21 heavy (non-hydrogen) atoms. The van der Waals surface area contributed by atoms with Crippen LogP contribution in [0.5, 0.6) is 11.5 Å². The van der Waals surface area contributed by atoms with E-state index in [2.05, 4.69) is 4.98 Å². The van der Waals surface area contributed by atoms with Gasteiger partial charge in [-0.05, 0) is 28.7 Å². The number of hydrogen-bond acceptors (Lipinski definition) is 4. The Morgan fingerprint density at radius 1 is 1.14 bits per heavy atom. The summed E-state index contributed by atoms with van der Waals surface area (Å²) in [6.45, 7) is 0. The van der Waals surface area contributed by atoms with Crippen molar-refractivity contribution >= 4 is 28.3 Å². The average molecular weight is 414 g/mol. The van der Waals surface area contributed by atoms with Gasteiger partial charge in [0.1, 0.15) is 5.75 Å². The lowest BCUT2D eigenvalue weighted by atomic mass is 10.3. The topological polar surface area (TPSA) is 65.3 Å². The molecule has 2 aromatic rings. The first-order valence-corrected chi connectivity index (χ1v) is 6.21. The molecule has 0 aliphatic rings. The molecular weight excluding hydrogens is 411 g/mol. The molecule has 2 rings (SSSR count).